The predicted molar refractivity (Wildman–Crippen MR) is 61.9 cm³/mol. The van der Waals surface area contributed by atoms with E-state index in [1.165, 1.54) is 5.56 Å². The monoisotopic (exact) mass is 219 g/mol. The SMILES string of the molecule is CCc1nc(SCc2ccccc2)co1. The van der Waals surface area contributed by atoms with Crippen molar-refractivity contribution in [3.05, 3.63) is 48.0 Å². The number of oxazole rings is 1. The number of benzene rings is 1. The van der Waals surface area contributed by atoms with E-state index in [0.717, 1.165) is 23.1 Å². The zero-order valence-corrected chi connectivity index (χ0v) is 9.46. The number of rotatable bonds is 4. The van der Waals surface area contributed by atoms with E-state index in [9.17, 15) is 0 Å². The molecule has 2 rings (SSSR count). The van der Waals surface area contributed by atoms with Crippen molar-refractivity contribution in [1.82, 2.24) is 4.98 Å². The van der Waals surface area contributed by atoms with Gasteiger partial charge in [-0.05, 0) is 5.56 Å². The van der Waals surface area contributed by atoms with Gasteiger partial charge in [0.25, 0.3) is 0 Å². The molecule has 0 atom stereocenters. The fourth-order valence-electron chi connectivity index (χ4n) is 1.25. The number of nitrogens with zero attached hydrogens (tertiary/aromatic N) is 1. The average Bonchev–Trinajstić information content (AvgIpc) is 2.76. The van der Waals surface area contributed by atoms with Crippen LogP contribution < -0.4 is 0 Å². The van der Waals surface area contributed by atoms with Crippen LogP contribution in [0.3, 0.4) is 0 Å². The van der Waals surface area contributed by atoms with Crippen molar-refractivity contribution in [3.63, 3.8) is 0 Å². The van der Waals surface area contributed by atoms with Gasteiger partial charge in [-0.1, -0.05) is 49.0 Å². The van der Waals surface area contributed by atoms with Crippen LogP contribution in [-0.2, 0) is 12.2 Å². The molecule has 0 saturated heterocycles. The molecule has 1 heterocycles. The molecule has 0 N–H and O–H groups in total. The molecule has 1 aromatic carbocycles. The molecule has 3 heteroatoms. The van der Waals surface area contributed by atoms with E-state index in [1.807, 2.05) is 13.0 Å². The Balaban J connectivity index is 1.93. The Hall–Kier alpha value is -1.22. The summed E-state index contributed by atoms with van der Waals surface area (Å²) in [5, 5.41) is 0.968. The molecule has 0 unspecified atom stereocenters. The molecule has 0 spiro atoms. The number of aromatic nitrogens is 1. The maximum atomic E-state index is 5.27. The van der Waals surface area contributed by atoms with Crippen LogP contribution in [0.1, 0.15) is 18.4 Å². The maximum Gasteiger partial charge on any atom is 0.194 e. The zero-order valence-electron chi connectivity index (χ0n) is 8.64. The molecule has 78 valence electrons. The summed E-state index contributed by atoms with van der Waals surface area (Å²) in [6.07, 6.45) is 2.58. The van der Waals surface area contributed by atoms with Gasteiger partial charge in [0.1, 0.15) is 11.3 Å². The quantitative estimate of drug-likeness (QED) is 0.736. The molecule has 0 aliphatic carbocycles. The Morgan fingerprint density at radius 2 is 2.07 bits per heavy atom. The van der Waals surface area contributed by atoms with Gasteiger partial charge in [0.05, 0.1) is 0 Å². The van der Waals surface area contributed by atoms with Crippen molar-refractivity contribution in [1.29, 1.82) is 0 Å². The molecule has 0 aliphatic heterocycles. The highest BCUT2D eigenvalue weighted by Gasteiger charge is 2.02. The smallest absolute Gasteiger partial charge is 0.194 e. The Morgan fingerprint density at radius 3 is 2.73 bits per heavy atom. The lowest BCUT2D eigenvalue weighted by atomic mass is 10.2. The van der Waals surface area contributed by atoms with Gasteiger partial charge in [-0.3, -0.25) is 0 Å². The molecular formula is C12H13NOS. The van der Waals surface area contributed by atoms with Crippen molar-refractivity contribution in [2.45, 2.75) is 24.1 Å². The van der Waals surface area contributed by atoms with Gasteiger partial charge in [-0.2, -0.15) is 0 Å². The Kier molecular flexibility index (Phi) is 3.45. The molecular weight excluding hydrogens is 206 g/mol. The molecule has 2 aromatic rings. The standard InChI is InChI=1S/C12H13NOS/c1-2-11-13-12(8-14-11)15-9-10-6-4-3-5-7-10/h3-8H,2,9H2,1H3. The van der Waals surface area contributed by atoms with Gasteiger partial charge in [0, 0.05) is 12.2 Å². The number of aryl methyl sites for hydroxylation is 1. The van der Waals surface area contributed by atoms with Crippen molar-refractivity contribution in [3.8, 4) is 0 Å². The van der Waals surface area contributed by atoms with Gasteiger partial charge in [0.15, 0.2) is 5.89 Å². The molecule has 0 amide bonds. The van der Waals surface area contributed by atoms with E-state index in [-0.39, 0.29) is 0 Å². The first-order chi connectivity index (χ1) is 7.38. The van der Waals surface area contributed by atoms with Gasteiger partial charge < -0.3 is 4.42 Å². The third-order valence-corrected chi connectivity index (χ3v) is 3.02. The van der Waals surface area contributed by atoms with Gasteiger partial charge in [-0.25, -0.2) is 4.98 Å². The van der Waals surface area contributed by atoms with E-state index >= 15 is 0 Å². The van der Waals surface area contributed by atoms with Crippen molar-refractivity contribution in [2.75, 3.05) is 0 Å². The molecule has 0 bridgehead atoms. The third kappa shape index (κ3) is 2.86. The Labute approximate surface area is 93.7 Å². The fraction of sp³-hybridized carbons (Fsp3) is 0.250. The van der Waals surface area contributed by atoms with Crippen LogP contribution in [0.5, 0.6) is 0 Å². The van der Waals surface area contributed by atoms with Crippen LogP contribution in [0.15, 0.2) is 46.0 Å². The minimum absolute atomic E-state index is 0.811. The first-order valence-corrected chi connectivity index (χ1v) is 5.98. The van der Waals surface area contributed by atoms with E-state index < -0.39 is 0 Å². The summed E-state index contributed by atoms with van der Waals surface area (Å²) in [6, 6.07) is 10.4. The van der Waals surface area contributed by atoms with Crippen LogP contribution in [0, 0.1) is 0 Å². The number of hydrogen-bond acceptors (Lipinski definition) is 3. The zero-order chi connectivity index (χ0) is 10.5. The van der Waals surface area contributed by atoms with Crippen LogP contribution in [0.25, 0.3) is 0 Å². The van der Waals surface area contributed by atoms with Gasteiger partial charge in [0.2, 0.25) is 0 Å². The third-order valence-electron chi connectivity index (χ3n) is 2.06. The first kappa shape index (κ1) is 10.3. The van der Waals surface area contributed by atoms with Gasteiger partial charge >= 0.3 is 0 Å². The van der Waals surface area contributed by atoms with E-state index in [1.54, 1.807) is 18.0 Å². The lowest BCUT2D eigenvalue weighted by molar-refractivity contribution is 0.500. The second-order valence-corrected chi connectivity index (χ2v) is 4.20. The summed E-state index contributed by atoms with van der Waals surface area (Å²) in [7, 11) is 0. The summed E-state index contributed by atoms with van der Waals surface area (Å²) in [5.74, 6) is 1.75. The lowest BCUT2D eigenvalue weighted by Crippen LogP contribution is -1.81. The highest BCUT2D eigenvalue weighted by atomic mass is 32.2. The van der Waals surface area contributed by atoms with E-state index in [0.29, 0.717) is 0 Å². The average molecular weight is 219 g/mol. The summed E-state index contributed by atoms with van der Waals surface area (Å²) >= 11 is 1.70. The van der Waals surface area contributed by atoms with Gasteiger partial charge in [-0.15, -0.1) is 0 Å². The molecule has 0 radical (unpaired) electrons. The number of hydrogen-bond donors (Lipinski definition) is 0. The lowest BCUT2D eigenvalue weighted by Gasteiger charge is -1.96. The van der Waals surface area contributed by atoms with Crippen molar-refractivity contribution >= 4 is 11.8 Å². The highest BCUT2D eigenvalue weighted by Crippen LogP contribution is 2.21. The predicted octanol–water partition coefficient (Wildman–Crippen LogP) is 3.53. The minimum atomic E-state index is 0.811. The summed E-state index contributed by atoms with van der Waals surface area (Å²) in [6.45, 7) is 2.04. The van der Waals surface area contributed by atoms with Crippen molar-refractivity contribution < 1.29 is 4.42 Å². The fourth-order valence-corrected chi connectivity index (χ4v) is 2.04. The van der Waals surface area contributed by atoms with Crippen LogP contribution in [0.2, 0.25) is 0 Å². The second-order valence-electron chi connectivity index (χ2n) is 3.21. The second kappa shape index (κ2) is 5.03. The Morgan fingerprint density at radius 1 is 1.27 bits per heavy atom. The molecule has 0 aliphatic rings. The normalized spacial score (nSPS) is 10.5. The molecule has 0 fully saturated rings. The minimum Gasteiger partial charge on any atom is -0.448 e. The topological polar surface area (TPSA) is 26.0 Å². The van der Waals surface area contributed by atoms with Crippen LogP contribution >= 0.6 is 11.8 Å². The van der Waals surface area contributed by atoms with E-state index in [4.69, 9.17) is 4.42 Å². The van der Waals surface area contributed by atoms with Crippen LogP contribution in [0.4, 0.5) is 0 Å². The van der Waals surface area contributed by atoms with E-state index in [2.05, 4.69) is 29.2 Å². The Bertz CT molecular complexity index is 411. The number of thioether (sulfide) groups is 1. The molecule has 0 saturated carbocycles. The summed E-state index contributed by atoms with van der Waals surface area (Å²) < 4.78 is 5.27. The summed E-state index contributed by atoms with van der Waals surface area (Å²) in [4.78, 5) is 4.34. The molecule has 15 heavy (non-hydrogen) atoms. The van der Waals surface area contributed by atoms with Crippen LogP contribution in [-0.4, -0.2) is 4.98 Å². The first-order valence-electron chi connectivity index (χ1n) is 4.99. The molecule has 1 aromatic heterocycles. The summed E-state index contributed by atoms with van der Waals surface area (Å²) in [5.41, 5.74) is 1.31. The highest BCUT2D eigenvalue weighted by molar-refractivity contribution is 7.98. The molecule has 2 nitrogen and oxygen atoms in total. The van der Waals surface area contributed by atoms with Crippen molar-refractivity contribution in [2.24, 2.45) is 0 Å². The maximum absolute atomic E-state index is 5.27. The largest absolute Gasteiger partial charge is 0.448 e.